The molecule has 0 N–H and O–H groups in total. The van der Waals surface area contributed by atoms with Crippen LogP contribution in [0.4, 0.5) is 5.82 Å². The summed E-state index contributed by atoms with van der Waals surface area (Å²) in [5, 5.41) is 9.45. The van der Waals surface area contributed by atoms with E-state index in [1.807, 2.05) is 24.8 Å². The highest BCUT2D eigenvalue weighted by atomic mass is 16.5. The highest BCUT2D eigenvalue weighted by Crippen LogP contribution is 2.23. The van der Waals surface area contributed by atoms with Gasteiger partial charge in [-0.1, -0.05) is 0 Å². The number of morpholine rings is 1. The quantitative estimate of drug-likeness (QED) is 0.798. The van der Waals surface area contributed by atoms with Crippen molar-refractivity contribution >= 4 is 11.7 Å². The minimum absolute atomic E-state index is 0.180. The molecule has 2 aliphatic heterocycles. The van der Waals surface area contributed by atoms with Gasteiger partial charge in [0.25, 0.3) is 0 Å². The molecule has 0 radical (unpaired) electrons. The van der Waals surface area contributed by atoms with Gasteiger partial charge in [0.2, 0.25) is 5.91 Å². The number of rotatable bonds is 3. The van der Waals surface area contributed by atoms with E-state index in [-0.39, 0.29) is 5.91 Å². The van der Waals surface area contributed by atoms with Gasteiger partial charge in [-0.25, -0.2) is 4.98 Å². The molecule has 0 saturated carbocycles. The monoisotopic (exact) mass is 343 g/mol. The van der Waals surface area contributed by atoms with Gasteiger partial charge in [-0.3, -0.25) is 9.69 Å². The molecule has 2 saturated heterocycles. The highest BCUT2D eigenvalue weighted by molar-refractivity contribution is 5.78. The van der Waals surface area contributed by atoms with Crippen molar-refractivity contribution in [2.24, 2.45) is 0 Å². The second-order valence-electron chi connectivity index (χ2n) is 6.65. The summed E-state index contributed by atoms with van der Waals surface area (Å²) in [6, 6.07) is 4.23. The molecule has 2 fully saturated rings. The Balaban J connectivity index is 1.59. The molecule has 3 rings (SSSR count). The lowest BCUT2D eigenvalue weighted by Gasteiger charge is -2.37. The number of nitriles is 1. The fourth-order valence-corrected chi connectivity index (χ4v) is 3.41. The van der Waals surface area contributed by atoms with Crippen molar-refractivity contribution in [1.29, 1.82) is 5.26 Å². The number of ether oxygens (including phenoxy) is 1. The first-order valence-corrected chi connectivity index (χ1v) is 8.79. The largest absolute Gasteiger partial charge is 0.378 e. The Morgan fingerprint density at radius 1 is 1.20 bits per heavy atom. The van der Waals surface area contributed by atoms with E-state index in [9.17, 15) is 10.1 Å². The molecule has 1 aromatic rings. The number of piperazine rings is 1. The number of pyridine rings is 1. The smallest absolute Gasteiger partial charge is 0.236 e. The van der Waals surface area contributed by atoms with E-state index in [0.29, 0.717) is 38.4 Å². The molecule has 0 aliphatic carbocycles. The predicted octanol–water partition coefficient (Wildman–Crippen LogP) is 0.551. The van der Waals surface area contributed by atoms with Crippen LogP contribution >= 0.6 is 0 Å². The number of nitrogens with zero attached hydrogens (tertiary/aromatic N) is 5. The third-order valence-electron chi connectivity index (χ3n) is 4.83. The van der Waals surface area contributed by atoms with Crippen LogP contribution < -0.4 is 4.90 Å². The number of amides is 1. The van der Waals surface area contributed by atoms with Gasteiger partial charge in [0, 0.05) is 45.0 Å². The van der Waals surface area contributed by atoms with Crippen LogP contribution in [0.15, 0.2) is 6.07 Å². The van der Waals surface area contributed by atoms with Crippen LogP contribution in [0.3, 0.4) is 0 Å². The summed E-state index contributed by atoms with van der Waals surface area (Å²) in [7, 11) is 0. The lowest BCUT2D eigenvalue weighted by atomic mass is 10.1. The Kier molecular flexibility index (Phi) is 5.51. The molecule has 7 nitrogen and oxygen atoms in total. The summed E-state index contributed by atoms with van der Waals surface area (Å²) in [4.78, 5) is 23.2. The number of carbonyl (C=O) groups excluding carboxylic acids is 1. The van der Waals surface area contributed by atoms with Gasteiger partial charge in [0.05, 0.1) is 25.3 Å². The van der Waals surface area contributed by atoms with Gasteiger partial charge in [-0.2, -0.15) is 5.26 Å². The average Bonchev–Trinajstić information content (AvgIpc) is 2.62. The Labute approximate surface area is 148 Å². The van der Waals surface area contributed by atoms with E-state index >= 15 is 0 Å². The van der Waals surface area contributed by atoms with Crippen molar-refractivity contribution in [3.05, 3.63) is 22.9 Å². The molecule has 2 aliphatic rings. The van der Waals surface area contributed by atoms with Crippen LogP contribution in [0.5, 0.6) is 0 Å². The molecule has 1 amide bonds. The minimum Gasteiger partial charge on any atom is -0.378 e. The Bertz CT molecular complexity index is 671. The van der Waals surface area contributed by atoms with E-state index in [0.717, 1.165) is 43.3 Å². The number of hydrogen-bond acceptors (Lipinski definition) is 6. The van der Waals surface area contributed by atoms with Gasteiger partial charge in [-0.15, -0.1) is 0 Å². The molecule has 0 spiro atoms. The van der Waals surface area contributed by atoms with E-state index in [4.69, 9.17) is 4.74 Å². The fraction of sp³-hybridized carbons (Fsp3) is 0.611. The third-order valence-corrected chi connectivity index (χ3v) is 4.83. The first-order chi connectivity index (χ1) is 12.1. The molecule has 0 unspecified atom stereocenters. The molecule has 134 valence electrons. The van der Waals surface area contributed by atoms with E-state index < -0.39 is 0 Å². The first-order valence-electron chi connectivity index (χ1n) is 8.79. The maximum atomic E-state index is 12.4. The zero-order chi connectivity index (χ0) is 17.8. The van der Waals surface area contributed by atoms with Gasteiger partial charge < -0.3 is 14.5 Å². The van der Waals surface area contributed by atoms with E-state index in [1.54, 1.807) is 0 Å². The molecular weight excluding hydrogens is 318 g/mol. The maximum absolute atomic E-state index is 12.4. The molecule has 0 aromatic carbocycles. The normalized spacial score (nSPS) is 18.9. The van der Waals surface area contributed by atoms with Crippen molar-refractivity contribution in [3.8, 4) is 6.07 Å². The molecule has 0 atom stereocenters. The summed E-state index contributed by atoms with van der Waals surface area (Å²) < 4.78 is 5.30. The van der Waals surface area contributed by atoms with Crippen molar-refractivity contribution in [1.82, 2.24) is 14.8 Å². The van der Waals surface area contributed by atoms with Crippen molar-refractivity contribution in [3.63, 3.8) is 0 Å². The standard InChI is InChI=1S/C18H25N5O2/c1-14-11-15(2)20-18(16(14)12-19)23-5-3-21(4-6-23)13-17(24)22-7-9-25-10-8-22/h11H,3-10,13H2,1-2H3. The maximum Gasteiger partial charge on any atom is 0.236 e. The van der Waals surface area contributed by atoms with Gasteiger partial charge in [0.15, 0.2) is 0 Å². The first kappa shape index (κ1) is 17.6. The number of anilines is 1. The Morgan fingerprint density at radius 2 is 1.88 bits per heavy atom. The fourth-order valence-electron chi connectivity index (χ4n) is 3.41. The lowest BCUT2D eigenvalue weighted by molar-refractivity contribution is -0.136. The Morgan fingerprint density at radius 3 is 2.52 bits per heavy atom. The van der Waals surface area contributed by atoms with Crippen LogP contribution in [0.25, 0.3) is 0 Å². The number of aromatic nitrogens is 1. The molecule has 3 heterocycles. The number of carbonyl (C=O) groups is 1. The summed E-state index contributed by atoms with van der Waals surface area (Å²) in [6.07, 6.45) is 0. The third kappa shape index (κ3) is 4.09. The van der Waals surface area contributed by atoms with Crippen molar-refractivity contribution in [2.75, 3.05) is 63.9 Å². The highest BCUT2D eigenvalue weighted by Gasteiger charge is 2.25. The van der Waals surface area contributed by atoms with Gasteiger partial charge >= 0.3 is 0 Å². The second-order valence-corrected chi connectivity index (χ2v) is 6.65. The van der Waals surface area contributed by atoms with E-state index in [1.165, 1.54) is 0 Å². The summed E-state index contributed by atoms with van der Waals surface area (Å²) in [5.74, 6) is 0.957. The molecule has 0 bridgehead atoms. The van der Waals surface area contributed by atoms with Crippen LogP contribution in [-0.4, -0.2) is 79.7 Å². The zero-order valence-corrected chi connectivity index (χ0v) is 15.0. The van der Waals surface area contributed by atoms with Crippen LogP contribution in [0.2, 0.25) is 0 Å². The molecule has 7 heteroatoms. The van der Waals surface area contributed by atoms with Crippen molar-refractivity contribution < 1.29 is 9.53 Å². The van der Waals surface area contributed by atoms with E-state index in [2.05, 4.69) is 20.9 Å². The number of aryl methyl sites for hydroxylation is 2. The van der Waals surface area contributed by atoms with Crippen LogP contribution in [0, 0.1) is 25.2 Å². The molecule has 25 heavy (non-hydrogen) atoms. The van der Waals surface area contributed by atoms with Gasteiger partial charge in [0.1, 0.15) is 11.9 Å². The predicted molar refractivity (Wildman–Crippen MR) is 94.5 cm³/mol. The summed E-state index contributed by atoms with van der Waals surface area (Å²) in [5.41, 5.74) is 2.55. The van der Waals surface area contributed by atoms with Crippen molar-refractivity contribution in [2.45, 2.75) is 13.8 Å². The minimum atomic E-state index is 0.180. The second kappa shape index (κ2) is 7.81. The topological polar surface area (TPSA) is 72.7 Å². The van der Waals surface area contributed by atoms with Crippen LogP contribution in [-0.2, 0) is 9.53 Å². The van der Waals surface area contributed by atoms with Crippen LogP contribution in [0.1, 0.15) is 16.8 Å². The summed E-state index contributed by atoms with van der Waals surface area (Å²) in [6.45, 7) is 10.2. The number of hydrogen-bond donors (Lipinski definition) is 0. The Hall–Kier alpha value is -2.17. The zero-order valence-electron chi connectivity index (χ0n) is 15.0. The average molecular weight is 343 g/mol. The molecule has 1 aromatic heterocycles. The molecular formula is C18H25N5O2. The summed E-state index contributed by atoms with van der Waals surface area (Å²) >= 11 is 0. The van der Waals surface area contributed by atoms with Gasteiger partial charge in [-0.05, 0) is 25.5 Å². The SMILES string of the molecule is Cc1cc(C)c(C#N)c(N2CCN(CC(=O)N3CCOCC3)CC2)n1. The lowest BCUT2D eigenvalue weighted by Crippen LogP contribution is -2.51.